The molecule has 6 unspecified atom stereocenters. The van der Waals surface area contributed by atoms with Gasteiger partial charge in [-0.15, -0.1) is 0 Å². The van der Waals surface area contributed by atoms with Crippen molar-refractivity contribution in [1.82, 2.24) is 30.9 Å². The summed E-state index contributed by atoms with van der Waals surface area (Å²) in [5, 5.41) is 13.0. The van der Waals surface area contributed by atoms with Crippen LogP contribution in [0.4, 0.5) is 0 Å². The Bertz CT molecular complexity index is 2420. The van der Waals surface area contributed by atoms with Gasteiger partial charge in [0.05, 0.1) is 28.2 Å². The Labute approximate surface area is 355 Å². The van der Waals surface area contributed by atoms with Crippen molar-refractivity contribution in [3.8, 4) is 0 Å². The minimum absolute atomic E-state index is 0.0488. The smallest absolute Gasteiger partial charge is 0.270 e. The van der Waals surface area contributed by atoms with Crippen LogP contribution >= 0.6 is 0 Å². The number of allylic oxidation sites excluding steroid dienone is 3. The van der Waals surface area contributed by atoms with Crippen LogP contribution in [0.5, 0.6) is 0 Å². The molecule has 10 nitrogen and oxygen atoms in total. The van der Waals surface area contributed by atoms with Gasteiger partial charge in [-0.05, 0) is 154 Å². The molecule has 3 aromatic heterocycles. The predicted octanol–water partition coefficient (Wildman–Crippen LogP) is 7.63. The van der Waals surface area contributed by atoms with Crippen molar-refractivity contribution >= 4 is 35.4 Å². The zero-order chi connectivity index (χ0) is 42.7. The standard InChI is InChI=1S/C50H62N8O2/c1-9-38-41(27-32(7)53-46(59)42-19-15-17-25-51-42)50(30-33(8)54-47(60)43-20-16-18-26-52-43)45(12-4)49(14-6)40(11-3)39(10-2)48(13-5,58-49)31-37-24-23-35(56-37)28-34-21-22-36(55-34)29-44(38)57-50/h15-26,28-29,31-33,45,55,58H,9-14,27,30H2,1-8H3,(H,53,59)(H,54,60)/b34-28-,36-29-,37-31-. The summed E-state index contributed by atoms with van der Waals surface area (Å²) in [6.45, 7) is 17.9. The van der Waals surface area contributed by atoms with Crippen LogP contribution in [-0.2, 0) is 0 Å². The van der Waals surface area contributed by atoms with Crippen molar-refractivity contribution in [1.29, 1.82) is 0 Å². The van der Waals surface area contributed by atoms with Crippen LogP contribution < -0.4 is 26.6 Å². The third kappa shape index (κ3) is 7.82. The molecule has 0 saturated carbocycles. The Balaban J connectivity index is 1.49. The summed E-state index contributed by atoms with van der Waals surface area (Å²) in [5.41, 5.74) is 7.13. The third-order valence-electron chi connectivity index (χ3n) is 13.2. The van der Waals surface area contributed by atoms with E-state index in [0.29, 0.717) is 24.2 Å². The maximum atomic E-state index is 13.8. The molecule has 60 heavy (non-hydrogen) atoms. The largest absolute Gasteiger partial charge is 0.355 e. The summed E-state index contributed by atoms with van der Waals surface area (Å²) in [7, 11) is 0. The number of nitrogens with zero attached hydrogens (tertiary/aromatic N) is 4. The van der Waals surface area contributed by atoms with Crippen LogP contribution in [0, 0.1) is 5.92 Å². The molecule has 7 rings (SSSR count). The van der Waals surface area contributed by atoms with Gasteiger partial charge < -0.3 is 15.6 Å². The topological polar surface area (TPSA) is 137 Å². The molecule has 6 atom stereocenters. The third-order valence-corrected chi connectivity index (χ3v) is 13.2. The molecular weight excluding hydrogens is 745 g/mol. The number of carbonyl (C=O) groups is 2. The Kier molecular flexibility index (Phi) is 12.5. The highest BCUT2D eigenvalue weighted by atomic mass is 16.2. The first kappa shape index (κ1) is 42.6. The van der Waals surface area contributed by atoms with E-state index in [1.807, 2.05) is 24.3 Å². The number of fused-ring (bicyclic) bond motifs is 6. The van der Waals surface area contributed by atoms with E-state index >= 15 is 0 Å². The number of rotatable bonds is 14. The van der Waals surface area contributed by atoms with Crippen molar-refractivity contribution in [2.75, 3.05) is 0 Å². The molecule has 0 aromatic carbocycles. The number of aromatic amines is 1. The normalized spacial score (nSPS) is 27.5. The summed E-state index contributed by atoms with van der Waals surface area (Å²) < 4.78 is 0. The van der Waals surface area contributed by atoms with E-state index in [9.17, 15) is 9.59 Å². The van der Waals surface area contributed by atoms with Crippen LogP contribution in [0.1, 0.15) is 128 Å². The van der Waals surface area contributed by atoms with E-state index < -0.39 is 16.6 Å². The second-order valence-corrected chi connectivity index (χ2v) is 16.8. The minimum atomic E-state index is -0.789. The van der Waals surface area contributed by atoms with Crippen LogP contribution in [-0.4, -0.2) is 66.9 Å². The van der Waals surface area contributed by atoms with Crippen LogP contribution in [0.3, 0.4) is 0 Å². The molecular formula is C50H62N8O2. The molecule has 4 aliphatic rings. The fourth-order valence-corrected chi connectivity index (χ4v) is 11.0. The molecule has 0 fully saturated rings. The van der Waals surface area contributed by atoms with Gasteiger partial charge in [0.1, 0.15) is 11.4 Å². The number of amides is 2. The van der Waals surface area contributed by atoms with Gasteiger partial charge >= 0.3 is 0 Å². The van der Waals surface area contributed by atoms with Gasteiger partial charge in [-0.3, -0.25) is 29.9 Å². The monoisotopic (exact) mass is 806 g/mol. The lowest BCUT2D eigenvalue weighted by Gasteiger charge is -2.51. The van der Waals surface area contributed by atoms with Gasteiger partial charge in [-0.2, -0.15) is 0 Å². The average Bonchev–Trinajstić information content (AvgIpc) is 4.02. The number of nitrogens with one attached hydrogen (secondary N) is 4. The summed E-state index contributed by atoms with van der Waals surface area (Å²) in [6.07, 6.45) is 20.3. The number of hydrogen-bond acceptors (Lipinski definition) is 7. The first-order chi connectivity index (χ1) is 29.0. The Morgan fingerprint density at radius 3 is 1.97 bits per heavy atom. The van der Waals surface area contributed by atoms with Gasteiger partial charge in [-0.1, -0.05) is 53.7 Å². The first-order valence-corrected chi connectivity index (χ1v) is 22.1. The predicted molar refractivity (Wildman–Crippen MR) is 243 cm³/mol. The number of aromatic nitrogens is 3. The lowest BCUT2D eigenvalue weighted by Crippen LogP contribution is -2.62. The van der Waals surface area contributed by atoms with E-state index in [2.05, 4.69) is 129 Å². The number of pyridine rings is 2. The lowest BCUT2D eigenvalue weighted by atomic mass is 9.60. The van der Waals surface area contributed by atoms with E-state index in [0.717, 1.165) is 66.3 Å². The highest BCUT2D eigenvalue weighted by Crippen LogP contribution is 2.57. The van der Waals surface area contributed by atoms with E-state index in [4.69, 9.17) is 9.98 Å². The second kappa shape index (κ2) is 17.6. The van der Waals surface area contributed by atoms with Crippen LogP contribution in [0.25, 0.3) is 12.2 Å². The Morgan fingerprint density at radius 1 is 0.750 bits per heavy atom. The van der Waals surface area contributed by atoms with Crippen molar-refractivity contribution in [3.63, 3.8) is 0 Å². The van der Waals surface area contributed by atoms with E-state index in [-0.39, 0.29) is 29.8 Å². The maximum Gasteiger partial charge on any atom is 0.270 e. The van der Waals surface area contributed by atoms with Gasteiger partial charge in [0.15, 0.2) is 0 Å². The number of carbonyl (C=O) groups excluding carboxylic acids is 2. The molecule has 3 aromatic rings. The second-order valence-electron chi connectivity index (χ2n) is 16.8. The Morgan fingerprint density at radius 2 is 1.40 bits per heavy atom. The van der Waals surface area contributed by atoms with Crippen molar-refractivity contribution in [2.45, 2.75) is 135 Å². The Hall–Kier alpha value is -5.48. The molecule has 10 heteroatoms. The quantitative estimate of drug-likeness (QED) is 0.124. The highest BCUT2D eigenvalue weighted by molar-refractivity contribution is 6.23. The van der Waals surface area contributed by atoms with Gasteiger partial charge in [0.2, 0.25) is 0 Å². The van der Waals surface area contributed by atoms with Crippen molar-refractivity contribution in [3.05, 3.63) is 129 Å². The van der Waals surface area contributed by atoms with E-state index in [1.165, 1.54) is 22.3 Å². The minimum Gasteiger partial charge on any atom is -0.355 e. The van der Waals surface area contributed by atoms with Gasteiger partial charge in [-0.25, -0.2) is 4.99 Å². The molecule has 314 valence electrons. The summed E-state index contributed by atoms with van der Waals surface area (Å²) in [5.74, 6) is -0.470. The maximum absolute atomic E-state index is 13.8. The number of H-pyrrole nitrogens is 1. The molecule has 8 bridgehead atoms. The number of hydrogen-bond donors (Lipinski definition) is 4. The molecule has 0 radical (unpaired) electrons. The summed E-state index contributed by atoms with van der Waals surface area (Å²) in [6, 6.07) is 14.5. The van der Waals surface area contributed by atoms with Crippen molar-refractivity contribution < 1.29 is 9.59 Å². The molecule has 0 aliphatic carbocycles. The number of aliphatic imine (C=N–C) groups is 2. The summed E-state index contributed by atoms with van der Waals surface area (Å²) in [4.78, 5) is 51.0. The van der Waals surface area contributed by atoms with Crippen molar-refractivity contribution in [2.24, 2.45) is 15.9 Å². The summed E-state index contributed by atoms with van der Waals surface area (Å²) >= 11 is 0. The first-order valence-electron chi connectivity index (χ1n) is 22.1. The zero-order valence-corrected chi connectivity index (χ0v) is 36.7. The van der Waals surface area contributed by atoms with Crippen LogP contribution in [0.2, 0.25) is 0 Å². The highest BCUT2D eigenvalue weighted by Gasteiger charge is 2.60. The average molecular weight is 807 g/mol. The van der Waals surface area contributed by atoms with Gasteiger partial charge in [0.25, 0.3) is 11.8 Å². The molecule has 4 N–H and O–H groups in total. The molecule has 4 aliphatic heterocycles. The molecule has 0 spiro atoms. The fraction of sp³-hybridized carbons (Fsp3) is 0.440. The fourth-order valence-electron chi connectivity index (χ4n) is 11.0. The van der Waals surface area contributed by atoms with Gasteiger partial charge in [0, 0.05) is 46.6 Å². The van der Waals surface area contributed by atoms with Crippen LogP contribution in [0.15, 0.2) is 117 Å². The molecule has 0 saturated heterocycles. The molecule has 7 heterocycles. The van der Waals surface area contributed by atoms with E-state index in [1.54, 1.807) is 24.5 Å². The molecule has 2 amide bonds. The lowest BCUT2D eigenvalue weighted by molar-refractivity contribution is 0.0901. The zero-order valence-electron chi connectivity index (χ0n) is 36.7. The SMILES string of the molecule is CCC1=C(CC(C)NC(=O)c2ccccn2)C2(CC(C)NC(=O)c3ccccn3)N=C1/C=c1/cc/c([nH]1)=C/C1=NC(=C\C3(CC)NC(CC)(C(CC)=C3CC)C2CC)/C=C1.